The monoisotopic (exact) mass is 201 g/mol. The summed E-state index contributed by atoms with van der Waals surface area (Å²) in [5.41, 5.74) is 9.75. The van der Waals surface area contributed by atoms with Crippen molar-refractivity contribution < 1.29 is 4.74 Å². The fourth-order valence-corrected chi connectivity index (χ4v) is 1.83. The molecule has 0 radical (unpaired) electrons. The molecule has 2 heteroatoms. The topological polar surface area (TPSA) is 35.2 Å². The van der Waals surface area contributed by atoms with E-state index in [4.69, 9.17) is 16.9 Å². The van der Waals surface area contributed by atoms with Gasteiger partial charge in [-0.1, -0.05) is 18.2 Å². The second kappa shape index (κ2) is 4.48. The number of fused-ring (bicyclic) bond motifs is 1. The van der Waals surface area contributed by atoms with Crippen LogP contribution in [0.3, 0.4) is 0 Å². The highest BCUT2D eigenvalue weighted by molar-refractivity contribution is 5.34. The first-order chi connectivity index (χ1) is 7.31. The van der Waals surface area contributed by atoms with Crippen LogP contribution in [0.1, 0.15) is 35.6 Å². The minimum absolute atomic E-state index is 0.0481. The van der Waals surface area contributed by atoms with Gasteiger partial charge >= 0.3 is 0 Å². The third kappa shape index (κ3) is 2.20. The van der Waals surface area contributed by atoms with Gasteiger partial charge in [-0.05, 0) is 23.1 Å². The number of rotatable bonds is 3. The van der Waals surface area contributed by atoms with Crippen LogP contribution < -0.4 is 5.73 Å². The van der Waals surface area contributed by atoms with Crippen molar-refractivity contribution in [1.82, 2.24) is 0 Å². The van der Waals surface area contributed by atoms with E-state index in [1.54, 1.807) is 0 Å². The van der Waals surface area contributed by atoms with Crippen molar-refractivity contribution in [3.63, 3.8) is 0 Å². The first-order valence-electron chi connectivity index (χ1n) is 5.19. The van der Waals surface area contributed by atoms with Gasteiger partial charge in [-0.2, -0.15) is 0 Å². The van der Waals surface area contributed by atoms with Crippen LogP contribution in [0.25, 0.3) is 0 Å². The van der Waals surface area contributed by atoms with E-state index in [1.165, 1.54) is 11.1 Å². The molecule has 2 N–H and O–H groups in total. The van der Waals surface area contributed by atoms with E-state index < -0.39 is 0 Å². The van der Waals surface area contributed by atoms with E-state index in [-0.39, 0.29) is 6.04 Å². The zero-order chi connectivity index (χ0) is 10.7. The number of ether oxygens (including phenoxy) is 1. The van der Waals surface area contributed by atoms with E-state index in [9.17, 15) is 0 Å². The van der Waals surface area contributed by atoms with Crippen LogP contribution >= 0.6 is 0 Å². The van der Waals surface area contributed by atoms with Crippen molar-refractivity contribution in [3.05, 3.63) is 34.9 Å². The number of hydrogen-bond acceptors (Lipinski definition) is 2. The molecule has 1 atom stereocenters. The molecule has 78 valence electrons. The first kappa shape index (κ1) is 10.2. The molecule has 2 rings (SSSR count). The number of nitrogens with two attached hydrogens (primary N) is 1. The summed E-state index contributed by atoms with van der Waals surface area (Å²) in [6, 6.07) is 6.37. The molecule has 1 aliphatic rings. The van der Waals surface area contributed by atoms with Crippen molar-refractivity contribution in [2.75, 3.05) is 0 Å². The second-order valence-electron chi connectivity index (χ2n) is 3.87. The highest BCUT2D eigenvalue weighted by atomic mass is 16.5. The van der Waals surface area contributed by atoms with Gasteiger partial charge in [0, 0.05) is 12.5 Å². The predicted octanol–water partition coefficient (Wildman–Crippen LogP) is 2.13. The van der Waals surface area contributed by atoms with Gasteiger partial charge in [-0.15, -0.1) is 12.3 Å². The summed E-state index contributed by atoms with van der Waals surface area (Å²) in [5.74, 6) is 2.62. The van der Waals surface area contributed by atoms with Gasteiger partial charge in [-0.3, -0.25) is 0 Å². The molecule has 2 nitrogen and oxygen atoms in total. The van der Waals surface area contributed by atoms with Crippen molar-refractivity contribution in [3.8, 4) is 12.3 Å². The quantitative estimate of drug-likeness (QED) is 0.760. The van der Waals surface area contributed by atoms with Gasteiger partial charge in [-0.25, -0.2) is 0 Å². The summed E-state index contributed by atoms with van der Waals surface area (Å²) in [6.07, 6.45) is 6.79. The Morgan fingerprint density at radius 1 is 1.40 bits per heavy atom. The molecule has 1 aromatic carbocycles. The fraction of sp³-hybridized carbons (Fsp3) is 0.385. The second-order valence-corrected chi connectivity index (χ2v) is 3.87. The summed E-state index contributed by atoms with van der Waals surface area (Å²) >= 11 is 0. The summed E-state index contributed by atoms with van der Waals surface area (Å²) in [4.78, 5) is 0. The minimum atomic E-state index is 0.0481. The molecule has 0 amide bonds. The molecule has 1 aromatic rings. The Morgan fingerprint density at radius 2 is 2.20 bits per heavy atom. The maximum atomic E-state index is 6.04. The zero-order valence-corrected chi connectivity index (χ0v) is 8.70. The molecular formula is C13H15NO. The highest BCUT2D eigenvalue weighted by Gasteiger charge is 2.13. The summed E-state index contributed by atoms with van der Waals surface area (Å²) in [7, 11) is 0. The average Bonchev–Trinajstić information content (AvgIpc) is 2.72. The Kier molecular flexibility index (Phi) is 3.05. The molecule has 1 aliphatic heterocycles. The number of hydrogen-bond donors (Lipinski definition) is 1. The molecule has 1 heterocycles. The smallest absolute Gasteiger partial charge is 0.0725 e. The Morgan fingerprint density at radius 3 is 3.00 bits per heavy atom. The van der Waals surface area contributed by atoms with E-state index >= 15 is 0 Å². The maximum Gasteiger partial charge on any atom is 0.0725 e. The first-order valence-corrected chi connectivity index (χ1v) is 5.19. The molecule has 0 fully saturated rings. The van der Waals surface area contributed by atoms with Crippen LogP contribution in [0.2, 0.25) is 0 Å². The Hall–Kier alpha value is -1.30. The molecule has 0 saturated carbocycles. The molecule has 0 aromatic heterocycles. The van der Waals surface area contributed by atoms with Gasteiger partial charge < -0.3 is 10.5 Å². The van der Waals surface area contributed by atoms with Gasteiger partial charge in [0.05, 0.1) is 13.2 Å². The maximum absolute atomic E-state index is 6.04. The lowest BCUT2D eigenvalue weighted by atomic mass is 9.99. The van der Waals surface area contributed by atoms with Gasteiger partial charge in [0.1, 0.15) is 0 Å². The molecular weight excluding hydrogens is 186 g/mol. The van der Waals surface area contributed by atoms with Crippen molar-refractivity contribution in [2.24, 2.45) is 5.73 Å². The standard InChI is InChI=1S/C13H15NO/c1-2-3-4-13(14)10-5-6-11-8-15-9-12(11)7-10/h1,5-7,13H,3-4,8-9,14H2. The van der Waals surface area contributed by atoms with Crippen LogP contribution in [0, 0.1) is 12.3 Å². The minimum Gasteiger partial charge on any atom is -0.372 e. The molecule has 0 spiro atoms. The lowest BCUT2D eigenvalue weighted by Crippen LogP contribution is -2.10. The fourth-order valence-electron chi connectivity index (χ4n) is 1.83. The van der Waals surface area contributed by atoms with Gasteiger partial charge in [0.2, 0.25) is 0 Å². The van der Waals surface area contributed by atoms with E-state index in [0.29, 0.717) is 6.61 Å². The van der Waals surface area contributed by atoms with Crippen LogP contribution in [-0.4, -0.2) is 0 Å². The Labute approximate surface area is 90.4 Å². The SMILES string of the molecule is C#CCCC(N)c1ccc2c(c1)COC2. The largest absolute Gasteiger partial charge is 0.372 e. The average molecular weight is 201 g/mol. The van der Waals surface area contributed by atoms with Crippen LogP contribution in [-0.2, 0) is 18.0 Å². The van der Waals surface area contributed by atoms with Crippen molar-refractivity contribution in [2.45, 2.75) is 32.1 Å². The molecule has 15 heavy (non-hydrogen) atoms. The van der Waals surface area contributed by atoms with Gasteiger partial charge in [0.15, 0.2) is 0 Å². The number of terminal acetylenes is 1. The predicted molar refractivity (Wildman–Crippen MR) is 59.9 cm³/mol. The van der Waals surface area contributed by atoms with E-state index in [2.05, 4.69) is 24.1 Å². The van der Waals surface area contributed by atoms with Crippen LogP contribution in [0.15, 0.2) is 18.2 Å². The third-order valence-corrected chi connectivity index (χ3v) is 2.77. The Bertz CT molecular complexity index is 392. The van der Waals surface area contributed by atoms with Gasteiger partial charge in [0.25, 0.3) is 0 Å². The van der Waals surface area contributed by atoms with E-state index in [0.717, 1.165) is 25.0 Å². The van der Waals surface area contributed by atoms with Crippen molar-refractivity contribution >= 4 is 0 Å². The molecule has 1 unspecified atom stereocenters. The molecule has 0 saturated heterocycles. The molecule has 0 aliphatic carbocycles. The van der Waals surface area contributed by atoms with Crippen LogP contribution in [0.4, 0.5) is 0 Å². The van der Waals surface area contributed by atoms with E-state index in [1.807, 2.05) is 0 Å². The zero-order valence-electron chi connectivity index (χ0n) is 8.70. The molecule has 0 bridgehead atoms. The summed E-state index contributed by atoms with van der Waals surface area (Å²) in [6.45, 7) is 1.44. The lowest BCUT2D eigenvalue weighted by Gasteiger charge is -2.11. The third-order valence-electron chi connectivity index (χ3n) is 2.77. The normalized spacial score (nSPS) is 15.7. The van der Waals surface area contributed by atoms with Crippen LogP contribution in [0.5, 0.6) is 0 Å². The highest BCUT2D eigenvalue weighted by Crippen LogP contribution is 2.24. The Balaban J connectivity index is 2.12. The summed E-state index contributed by atoms with van der Waals surface area (Å²) < 4.78 is 5.36. The number of benzene rings is 1. The van der Waals surface area contributed by atoms with Crippen molar-refractivity contribution in [1.29, 1.82) is 0 Å². The summed E-state index contributed by atoms with van der Waals surface area (Å²) in [5, 5.41) is 0. The lowest BCUT2D eigenvalue weighted by molar-refractivity contribution is 0.134.